The van der Waals surface area contributed by atoms with Crippen LogP contribution in [0.25, 0.3) is 0 Å². The molecular formula is C19H31N3O3S2. The Balaban J connectivity index is 1.98. The summed E-state index contributed by atoms with van der Waals surface area (Å²) < 4.78 is 27.9. The van der Waals surface area contributed by atoms with Gasteiger partial charge in [-0.05, 0) is 63.4 Å². The number of rotatable bonds is 9. The zero-order valence-electron chi connectivity index (χ0n) is 16.5. The lowest BCUT2D eigenvalue weighted by molar-refractivity contribution is -0.118. The van der Waals surface area contributed by atoms with Crippen LogP contribution in [0.4, 0.5) is 5.69 Å². The summed E-state index contributed by atoms with van der Waals surface area (Å²) in [5.41, 5.74) is 0.539. The van der Waals surface area contributed by atoms with Crippen LogP contribution in [0, 0.1) is 5.92 Å². The number of nitrogens with zero attached hydrogens (tertiary/aromatic N) is 1. The molecule has 0 saturated carbocycles. The van der Waals surface area contributed by atoms with Crippen molar-refractivity contribution in [3.63, 3.8) is 0 Å². The molecule has 0 spiro atoms. The molecule has 1 aliphatic rings. The standard InChI is InChI=1S/C19H31N3O3S2/c1-15(2)19(23)21-17-14-16(8-9-18(17)26-3)27(24,25)20-10-7-13-22-11-5-4-6-12-22/h8-9,14-15,20H,4-7,10-13H2,1-3H3,(H,21,23). The molecule has 0 atom stereocenters. The first kappa shape index (κ1) is 22.2. The van der Waals surface area contributed by atoms with Crippen molar-refractivity contribution in [2.75, 3.05) is 37.8 Å². The van der Waals surface area contributed by atoms with Crippen molar-refractivity contribution < 1.29 is 13.2 Å². The molecule has 1 amide bonds. The minimum absolute atomic E-state index is 0.130. The number of hydrogen-bond donors (Lipinski definition) is 2. The van der Waals surface area contributed by atoms with Gasteiger partial charge in [-0.15, -0.1) is 11.8 Å². The molecule has 1 aromatic rings. The molecule has 2 rings (SSSR count). The summed E-state index contributed by atoms with van der Waals surface area (Å²) in [5, 5.41) is 2.82. The number of carbonyl (C=O) groups excluding carboxylic acids is 1. The van der Waals surface area contributed by atoms with E-state index in [9.17, 15) is 13.2 Å². The first-order valence-electron chi connectivity index (χ1n) is 9.54. The number of anilines is 1. The Labute approximate surface area is 167 Å². The number of thioether (sulfide) groups is 1. The van der Waals surface area contributed by atoms with Crippen molar-refractivity contribution in [3.05, 3.63) is 18.2 Å². The van der Waals surface area contributed by atoms with E-state index in [1.165, 1.54) is 31.0 Å². The van der Waals surface area contributed by atoms with Crippen LogP contribution in [0.3, 0.4) is 0 Å². The third kappa shape index (κ3) is 6.78. The molecule has 0 unspecified atom stereocenters. The van der Waals surface area contributed by atoms with Crippen LogP contribution >= 0.6 is 11.8 Å². The van der Waals surface area contributed by atoms with Crippen LogP contribution in [0.1, 0.15) is 39.5 Å². The van der Waals surface area contributed by atoms with Crippen molar-refractivity contribution in [3.8, 4) is 0 Å². The second-order valence-corrected chi connectivity index (χ2v) is 9.77. The lowest BCUT2D eigenvalue weighted by atomic mass is 10.1. The summed E-state index contributed by atoms with van der Waals surface area (Å²) >= 11 is 1.47. The molecule has 27 heavy (non-hydrogen) atoms. The minimum Gasteiger partial charge on any atom is -0.325 e. The predicted molar refractivity (Wildman–Crippen MR) is 112 cm³/mol. The molecule has 0 radical (unpaired) electrons. The highest BCUT2D eigenvalue weighted by Crippen LogP contribution is 2.28. The summed E-state index contributed by atoms with van der Waals surface area (Å²) in [5.74, 6) is -0.303. The first-order chi connectivity index (χ1) is 12.8. The van der Waals surface area contributed by atoms with E-state index in [0.717, 1.165) is 31.0 Å². The SMILES string of the molecule is CSc1ccc(S(=O)(=O)NCCCN2CCCCC2)cc1NC(=O)C(C)C. The minimum atomic E-state index is -3.60. The molecular weight excluding hydrogens is 382 g/mol. The number of sulfonamides is 1. The zero-order valence-corrected chi connectivity index (χ0v) is 18.1. The summed E-state index contributed by atoms with van der Waals surface area (Å²) in [6.45, 7) is 7.17. The Kier molecular flexibility index (Phi) is 8.60. The third-order valence-corrected chi connectivity index (χ3v) is 6.91. The molecule has 2 N–H and O–H groups in total. The quantitative estimate of drug-likeness (QED) is 0.480. The summed E-state index contributed by atoms with van der Waals surface area (Å²) in [4.78, 5) is 15.4. The molecule has 152 valence electrons. The van der Waals surface area contributed by atoms with E-state index in [4.69, 9.17) is 0 Å². The van der Waals surface area contributed by atoms with Crippen LogP contribution in [0.2, 0.25) is 0 Å². The maximum absolute atomic E-state index is 12.6. The highest BCUT2D eigenvalue weighted by atomic mass is 32.2. The molecule has 0 aliphatic carbocycles. The maximum atomic E-state index is 12.6. The van der Waals surface area contributed by atoms with Gasteiger partial charge in [-0.3, -0.25) is 4.79 Å². The first-order valence-corrected chi connectivity index (χ1v) is 12.2. The number of nitrogens with one attached hydrogen (secondary N) is 2. The fourth-order valence-electron chi connectivity index (χ4n) is 3.00. The predicted octanol–water partition coefficient (Wildman–Crippen LogP) is 3.16. The van der Waals surface area contributed by atoms with Gasteiger partial charge >= 0.3 is 0 Å². The van der Waals surface area contributed by atoms with Gasteiger partial charge in [0.2, 0.25) is 15.9 Å². The van der Waals surface area contributed by atoms with Crippen molar-refractivity contribution in [2.45, 2.75) is 49.3 Å². The van der Waals surface area contributed by atoms with Crippen molar-refractivity contribution in [1.82, 2.24) is 9.62 Å². The number of likely N-dealkylation sites (tertiary alicyclic amines) is 1. The van der Waals surface area contributed by atoms with E-state index < -0.39 is 10.0 Å². The summed E-state index contributed by atoms with van der Waals surface area (Å²) in [6, 6.07) is 4.87. The monoisotopic (exact) mass is 413 g/mol. The van der Waals surface area contributed by atoms with Crippen LogP contribution in [0.5, 0.6) is 0 Å². The molecule has 1 fully saturated rings. The highest BCUT2D eigenvalue weighted by molar-refractivity contribution is 7.98. The number of amides is 1. The van der Waals surface area contributed by atoms with Gasteiger partial charge in [0.1, 0.15) is 0 Å². The average molecular weight is 414 g/mol. The van der Waals surface area contributed by atoms with Crippen molar-refractivity contribution in [1.29, 1.82) is 0 Å². The van der Waals surface area contributed by atoms with Gasteiger partial charge in [0, 0.05) is 17.4 Å². The number of hydrogen-bond acceptors (Lipinski definition) is 5. The summed E-state index contributed by atoms with van der Waals surface area (Å²) in [7, 11) is -3.60. The molecule has 0 bridgehead atoms. The Morgan fingerprint density at radius 2 is 1.93 bits per heavy atom. The third-order valence-electron chi connectivity index (χ3n) is 4.66. The average Bonchev–Trinajstić information content (AvgIpc) is 2.66. The largest absolute Gasteiger partial charge is 0.325 e. The van der Waals surface area contributed by atoms with Gasteiger partial charge in [-0.1, -0.05) is 20.3 Å². The fourth-order valence-corrected chi connectivity index (χ4v) is 4.64. The molecule has 8 heteroatoms. The topological polar surface area (TPSA) is 78.5 Å². The van der Waals surface area contributed by atoms with Gasteiger partial charge in [0.15, 0.2) is 0 Å². The van der Waals surface area contributed by atoms with Gasteiger partial charge in [0.25, 0.3) is 0 Å². The number of benzene rings is 1. The second-order valence-electron chi connectivity index (χ2n) is 7.16. The fraction of sp³-hybridized carbons (Fsp3) is 0.632. The summed E-state index contributed by atoms with van der Waals surface area (Å²) in [6.07, 6.45) is 6.45. The Morgan fingerprint density at radius 1 is 1.22 bits per heavy atom. The molecule has 1 aliphatic heterocycles. The Morgan fingerprint density at radius 3 is 2.56 bits per heavy atom. The van der Waals surface area contributed by atoms with E-state index in [2.05, 4.69) is 14.9 Å². The normalized spacial score (nSPS) is 15.9. The molecule has 0 aromatic heterocycles. The van der Waals surface area contributed by atoms with Crippen LogP contribution in [-0.4, -0.2) is 51.7 Å². The lowest BCUT2D eigenvalue weighted by Gasteiger charge is -2.26. The highest BCUT2D eigenvalue weighted by Gasteiger charge is 2.18. The van der Waals surface area contributed by atoms with Gasteiger partial charge in [0.05, 0.1) is 10.6 Å². The number of piperidine rings is 1. The molecule has 6 nitrogen and oxygen atoms in total. The van der Waals surface area contributed by atoms with Gasteiger partial charge in [-0.25, -0.2) is 13.1 Å². The van der Waals surface area contributed by atoms with Crippen molar-refractivity contribution >= 4 is 33.4 Å². The Bertz CT molecular complexity index is 730. The number of carbonyl (C=O) groups is 1. The maximum Gasteiger partial charge on any atom is 0.240 e. The van der Waals surface area contributed by atoms with Gasteiger partial charge in [-0.2, -0.15) is 0 Å². The van der Waals surface area contributed by atoms with E-state index in [1.54, 1.807) is 32.0 Å². The van der Waals surface area contributed by atoms with Crippen LogP contribution in [0.15, 0.2) is 28.0 Å². The Hall–Kier alpha value is -1.09. The second kappa shape index (κ2) is 10.5. The zero-order chi connectivity index (χ0) is 19.9. The van der Waals surface area contributed by atoms with Crippen LogP contribution < -0.4 is 10.0 Å². The van der Waals surface area contributed by atoms with E-state index in [-0.39, 0.29) is 16.7 Å². The molecule has 1 heterocycles. The van der Waals surface area contributed by atoms with Crippen molar-refractivity contribution in [2.24, 2.45) is 5.92 Å². The lowest BCUT2D eigenvalue weighted by Crippen LogP contribution is -2.33. The smallest absolute Gasteiger partial charge is 0.240 e. The van der Waals surface area contributed by atoms with Gasteiger partial charge < -0.3 is 10.2 Å². The van der Waals surface area contributed by atoms with E-state index >= 15 is 0 Å². The molecule has 1 saturated heterocycles. The van der Waals surface area contributed by atoms with E-state index in [1.807, 2.05) is 6.26 Å². The molecule has 1 aromatic carbocycles. The van der Waals surface area contributed by atoms with Crippen LogP contribution in [-0.2, 0) is 14.8 Å². The van der Waals surface area contributed by atoms with E-state index in [0.29, 0.717) is 12.2 Å².